The van der Waals surface area contributed by atoms with E-state index in [0.29, 0.717) is 23.0 Å². The summed E-state index contributed by atoms with van der Waals surface area (Å²) in [6, 6.07) is 11.0. The van der Waals surface area contributed by atoms with Gasteiger partial charge in [0.05, 0.1) is 6.10 Å². The third kappa shape index (κ3) is 1.86. The lowest BCUT2D eigenvalue weighted by atomic mass is 9.70. The topological polar surface area (TPSA) is 21.3 Å². The summed E-state index contributed by atoms with van der Waals surface area (Å²) in [5, 5.41) is 3.71. The van der Waals surface area contributed by atoms with Crippen LogP contribution in [0.3, 0.4) is 0 Å². The van der Waals surface area contributed by atoms with Gasteiger partial charge in [-0.25, -0.2) is 0 Å². The van der Waals surface area contributed by atoms with Gasteiger partial charge in [0.1, 0.15) is 6.23 Å². The van der Waals surface area contributed by atoms with Crippen LogP contribution in [0, 0.1) is 22.7 Å². The van der Waals surface area contributed by atoms with Gasteiger partial charge in [0, 0.05) is 6.04 Å². The molecule has 3 fully saturated rings. The fourth-order valence-corrected chi connectivity index (χ4v) is 5.75. The molecule has 2 nitrogen and oxygen atoms in total. The standard InChI is InChI=1S/C20H29NO/c1-13(14-8-6-5-7-9-14)21-17-12-15-16-10-11-20(4,18(15)22-17)19(16,2)3/h5-9,13,15-18,21H,10-12H2,1-4H3/t13-,15+,16+,17+,18+,20-/m0/s1. The van der Waals surface area contributed by atoms with Gasteiger partial charge < -0.3 is 4.74 Å². The Kier molecular flexibility index (Phi) is 3.22. The van der Waals surface area contributed by atoms with E-state index in [2.05, 4.69) is 63.3 Å². The van der Waals surface area contributed by atoms with Crippen molar-refractivity contribution in [3.05, 3.63) is 35.9 Å². The second-order valence-electron chi connectivity index (χ2n) is 8.53. The van der Waals surface area contributed by atoms with Crippen molar-refractivity contribution < 1.29 is 4.74 Å². The highest BCUT2D eigenvalue weighted by atomic mass is 16.5. The van der Waals surface area contributed by atoms with E-state index in [1.807, 2.05) is 0 Å². The first-order valence-electron chi connectivity index (χ1n) is 8.90. The zero-order chi connectivity index (χ0) is 15.5. The van der Waals surface area contributed by atoms with Crippen molar-refractivity contribution >= 4 is 0 Å². The molecule has 120 valence electrons. The van der Waals surface area contributed by atoms with Gasteiger partial charge in [-0.3, -0.25) is 5.32 Å². The van der Waals surface area contributed by atoms with E-state index in [4.69, 9.17) is 4.74 Å². The fourth-order valence-electron chi connectivity index (χ4n) is 5.75. The minimum Gasteiger partial charge on any atom is -0.359 e. The molecule has 0 radical (unpaired) electrons. The van der Waals surface area contributed by atoms with Crippen LogP contribution in [0.5, 0.6) is 0 Å². The molecule has 2 aliphatic carbocycles. The SMILES string of the molecule is C[C@H](N[C@H]1C[C@@H]2[C@H]3CC[C@@](C)([C@@H]2O1)C3(C)C)c1ccccc1. The van der Waals surface area contributed by atoms with Gasteiger partial charge in [-0.15, -0.1) is 0 Å². The van der Waals surface area contributed by atoms with E-state index in [1.54, 1.807) is 0 Å². The van der Waals surface area contributed by atoms with E-state index < -0.39 is 0 Å². The molecule has 0 amide bonds. The predicted octanol–water partition coefficient (Wildman–Crippen LogP) is 4.52. The fraction of sp³-hybridized carbons (Fsp3) is 0.700. The molecule has 1 heterocycles. The summed E-state index contributed by atoms with van der Waals surface area (Å²) in [7, 11) is 0. The minimum atomic E-state index is 0.223. The van der Waals surface area contributed by atoms with Gasteiger partial charge in [-0.2, -0.15) is 0 Å². The number of hydrogen-bond acceptors (Lipinski definition) is 2. The number of ether oxygens (including phenoxy) is 1. The van der Waals surface area contributed by atoms with Crippen LogP contribution in [0.4, 0.5) is 0 Å². The van der Waals surface area contributed by atoms with E-state index in [9.17, 15) is 0 Å². The Morgan fingerprint density at radius 2 is 1.91 bits per heavy atom. The molecule has 2 saturated carbocycles. The molecule has 6 atom stereocenters. The minimum absolute atomic E-state index is 0.223. The van der Waals surface area contributed by atoms with Crippen molar-refractivity contribution in [2.75, 3.05) is 0 Å². The highest BCUT2D eigenvalue weighted by Gasteiger charge is 2.68. The van der Waals surface area contributed by atoms with Crippen molar-refractivity contribution in [1.82, 2.24) is 5.32 Å². The number of fused-ring (bicyclic) bond motifs is 5. The maximum absolute atomic E-state index is 6.54. The number of benzene rings is 1. The van der Waals surface area contributed by atoms with Gasteiger partial charge in [0.2, 0.25) is 0 Å². The Labute approximate surface area is 134 Å². The average molecular weight is 299 g/mol. The van der Waals surface area contributed by atoms with Crippen molar-refractivity contribution in [1.29, 1.82) is 0 Å². The molecule has 1 aliphatic heterocycles. The zero-order valence-electron chi connectivity index (χ0n) is 14.3. The van der Waals surface area contributed by atoms with Gasteiger partial charge in [-0.1, -0.05) is 51.1 Å². The third-order valence-electron chi connectivity index (χ3n) is 7.44. The van der Waals surface area contributed by atoms with Crippen LogP contribution in [-0.4, -0.2) is 12.3 Å². The first-order chi connectivity index (χ1) is 10.4. The van der Waals surface area contributed by atoms with Gasteiger partial charge in [-0.05, 0) is 54.4 Å². The molecule has 0 unspecified atom stereocenters. The molecular formula is C20H29NO. The van der Waals surface area contributed by atoms with E-state index in [-0.39, 0.29) is 6.23 Å². The van der Waals surface area contributed by atoms with Gasteiger partial charge in [0.25, 0.3) is 0 Å². The zero-order valence-corrected chi connectivity index (χ0v) is 14.3. The summed E-state index contributed by atoms with van der Waals surface area (Å²) in [5.74, 6) is 1.61. The van der Waals surface area contributed by atoms with E-state index >= 15 is 0 Å². The summed E-state index contributed by atoms with van der Waals surface area (Å²) < 4.78 is 6.54. The van der Waals surface area contributed by atoms with Crippen LogP contribution in [0.1, 0.15) is 58.6 Å². The largest absolute Gasteiger partial charge is 0.359 e. The maximum atomic E-state index is 6.54. The normalized spacial score (nSPS) is 43.3. The molecule has 2 heteroatoms. The Hall–Kier alpha value is -0.860. The molecular weight excluding hydrogens is 270 g/mol. The lowest BCUT2D eigenvalue weighted by molar-refractivity contribution is -0.0666. The summed E-state index contributed by atoms with van der Waals surface area (Å²) in [6.45, 7) is 9.66. The van der Waals surface area contributed by atoms with Crippen molar-refractivity contribution in [3.63, 3.8) is 0 Å². The predicted molar refractivity (Wildman–Crippen MR) is 89.4 cm³/mol. The Morgan fingerprint density at radius 1 is 1.18 bits per heavy atom. The number of nitrogens with one attached hydrogen (secondary N) is 1. The highest BCUT2D eigenvalue weighted by molar-refractivity contribution is 5.19. The first-order valence-corrected chi connectivity index (χ1v) is 8.90. The number of hydrogen-bond donors (Lipinski definition) is 1. The summed E-state index contributed by atoms with van der Waals surface area (Å²) >= 11 is 0. The Balaban J connectivity index is 1.47. The highest BCUT2D eigenvalue weighted by Crippen LogP contribution is 2.70. The van der Waals surface area contributed by atoms with Gasteiger partial charge >= 0.3 is 0 Å². The Morgan fingerprint density at radius 3 is 2.59 bits per heavy atom. The first kappa shape index (κ1) is 14.7. The average Bonchev–Trinajstić information content (AvgIpc) is 3.05. The molecule has 1 aromatic carbocycles. The summed E-state index contributed by atoms with van der Waals surface area (Å²) in [5.41, 5.74) is 2.16. The lowest BCUT2D eigenvalue weighted by Crippen LogP contribution is -2.40. The molecule has 1 aromatic rings. The lowest BCUT2D eigenvalue weighted by Gasteiger charge is -2.39. The second kappa shape index (κ2) is 4.82. The molecule has 2 bridgehead atoms. The second-order valence-corrected chi connectivity index (χ2v) is 8.53. The van der Waals surface area contributed by atoms with Crippen LogP contribution in [0.25, 0.3) is 0 Å². The maximum Gasteiger partial charge on any atom is 0.109 e. The molecule has 22 heavy (non-hydrogen) atoms. The Bertz CT molecular complexity index is 554. The molecule has 4 rings (SSSR count). The summed E-state index contributed by atoms with van der Waals surface area (Å²) in [6.07, 6.45) is 4.61. The van der Waals surface area contributed by atoms with Crippen LogP contribution in [0.2, 0.25) is 0 Å². The quantitative estimate of drug-likeness (QED) is 0.885. The van der Waals surface area contributed by atoms with E-state index in [1.165, 1.54) is 24.8 Å². The molecule has 0 aromatic heterocycles. The summed E-state index contributed by atoms with van der Waals surface area (Å²) in [4.78, 5) is 0. The van der Waals surface area contributed by atoms with Crippen LogP contribution >= 0.6 is 0 Å². The van der Waals surface area contributed by atoms with Crippen LogP contribution in [0.15, 0.2) is 30.3 Å². The van der Waals surface area contributed by atoms with Crippen LogP contribution < -0.4 is 5.32 Å². The van der Waals surface area contributed by atoms with Crippen molar-refractivity contribution in [2.24, 2.45) is 22.7 Å². The van der Waals surface area contributed by atoms with Gasteiger partial charge in [0.15, 0.2) is 0 Å². The smallest absolute Gasteiger partial charge is 0.109 e. The third-order valence-corrected chi connectivity index (χ3v) is 7.44. The van der Waals surface area contributed by atoms with E-state index in [0.717, 1.165) is 11.8 Å². The molecule has 1 saturated heterocycles. The molecule has 1 N–H and O–H groups in total. The number of rotatable bonds is 3. The van der Waals surface area contributed by atoms with Crippen molar-refractivity contribution in [2.45, 2.75) is 65.3 Å². The monoisotopic (exact) mass is 299 g/mol. The molecule has 0 spiro atoms. The van der Waals surface area contributed by atoms with Crippen LogP contribution in [-0.2, 0) is 4.74 Å². The van der Waals surface area contributed by atoms with Crippen molar-refractivity contribution in [3.8, 4) is 0 Å². The molecule has 3 aliphatic rings.